The van der Waals surface area contributed by atoms with Crippen LogP contribution in [0.2, 0.25) is 0 Å². The number of nitrogens with zero attached hydrogens (tertiary/aromatic N) is 1. The summed E-state index contributed by atoms with van der Waals surface area (Å²) in [5, 5.41) is 12.2. The number of hydrogen-bond donors (Lipinski definition) is 1. The van der Waals surface area contributed by atoms with E-state index in [1.807, 2.05) is 36.4 Å². The minimum absolute atomic E-state index is 0.0590. The maximum Gasteiger partial charge on any atom is 0.356 e. The van der Waals surface area contributed by atoms with E-state index in [-0.39, 0.29) is 18.2 Å². The van der Waals surface area contributed by atoms with Crippen LogP contribution in [0.4, 0.5) is 0 Å². The molecule has 0 fully saturated rings. The summed E-state index contributed by atoms with van der Waals surface area (Å²) in [6, 6.07) is 20.2. The molecule has 0 saturated carbocycles. The van der Waals surface area contributed by atoms with Crippen LogP contribution >= 0.6 is 0 Å². The van der Waals surface area contributed by atoms with Crippen LogP contribution in [0.1, 0.15) is 36.8 Å². The Bertz CT molecular complexity index is 599. The molecule has 0 atom stereocenters. The first-order valence-corrected chi connectivity index (χ1v) is 7.74. The molecule has 23 heavy (non-hydrogen) atoms. The third-order valence-corrected chi connectivity index (χ3v) is 3.71. The molecule has 0 saturated heterocycles. The van der Waals surface area contributed by atoms with Crippen molar-refractivity contribution in [1.29, 1.82) is 0 Å². The molecule has 0 unspecified atom stereocenters. The molecule has 0 bridgehead atoms. The molecule has 0 aliphatic carbocycles. The molecule has 0 aliphatic heterocycles. The smallest absolute Gasteiger partial charge is 0.356 e. The fourth-order valence-electron chi connectivity index (χ4n) is 2.58. The lowest BCUT2D eigenvalue weighted by Crippen LogP contribution is -2.18. The summed E-state index contributed by atoms with van der Waals surface area (Å²) in [7, 11) is 0. The Hall–Kier alpha value is -2.62. The van der Waals surface area contributed by atoms with Crippen molar-refractivity contribution in [3.63, 3.8) is 0 Å². The third kappa shape index (κ3) is 4.68. The first kappa shape index (κ1) is 16.7. The van der Waals surface area contributed by atoms with Crippen LogP contribution in [0.15, 0.2) is 65.8 Å². The van der Waals surface area contributed by atoms with Crippen molar-refractivity contribution < 1.29 is 14.7 Å². The van der Waals surface area contributed by atoms with E-state index in [1.54, 1.807) is 6.92 Å². The number of rotatable bonds is 7. The molecular weight excluding hydrogens is 290 g/mol. The molecule has 0 aromatic heterocycles. The minimum atomic E-state index is -0.560. The molecular formula is C19H21NO3. The van der Waals surface area contributed by atoms with Crippen molar-refractivity contribution in [2.24, 2.45) is 5.16 Å². The summed E-state index contributed by atoms with van der Waals surface area (Å²) in [5.41, 5.74) is 2.39. The highest BCUT2D eigenvalue weighted by atomic mass is 16.5. The van der Waals surface area contributed by atoms with Crippen LogP contribution < -0.4 is 0 Å². The molecule has 2 aromatic carbocycles. The molecule has 120 valence electrons. The van der Waals surface area contributed by atoms with Gasteiger partial charge < -0.3 is 9.94 Å². The Morgan fingerprint density at radius 3 is 2.00 bits per heavy atom. The summed E-state index contributed by atoms with van der Waals surface area (Å²) in [6.45, 7) is 1.99. The highest BCUT2D eigenvalue weighted by Gasteiger charge is 2.19. The van der Waals surface area contributed by atoms with Gasteiger partial charge in [0.05, 0.1) is 6.61 Å². The van der Waals surface area contributed by atoms with Crippen molar-refractivity contribution >= 4 is 11.7 Å². The summed E-state index contributed by atoms with van der Waals surface area (Å²) in [4.78, 5) is 11.7. The zero-order valence-corrected chi connectivity index (χ0v) is 13.2. The van der Waals surface area contributed by atoms with Crippen molar-refractivity contribution in [1.82, 2.24) is 0 Å². The lowest BCUT2D eigenvalue weighted by molar-refractivity contribution is -0.135. The maximum absolute atomic E-state index is 11.7. The Morgan fingerprint density at radius 1 is 1.04 bits per heavy atom. The number of hydrogen-bond acceptors (Lipinski definition) is 4. The molecule has 4 heteroatoms. The summed E-state index contributed by atoms with van der Waals surface area (Å²) in [6.07, 6.45) is 1.01. The van der Waals surface area contributed by atoms with Gasteiger partial charge >= 0.3 is 5.97 Å². The lowest BCUT2D eigenvalue weighted by atomic mass is 9.87. The molecule has 1 N–H and O–H groups in total. The van der Waals surface area contributed by atoms with Gasteiger partial charge in [0.1, 0.15) is 0 Å². The molecule has 2 rings (SSSR count). The van der Waals surface area contributed by atoms with Crippen LogP contribution in [0.5, 0.6) is 0 Å². The van der Waals surface area contributed by atoms with E-state index < -0.39 is 5.97 Å². The first-order chi connectivity index (χ1) is 11.3. The average Bonchev–Trinajstić information content (AvgIpc) is 2.60. The molecule has 0 spiro atoms. The van der Waals surface area contributed by atoms with Crippen molar-refractivity contribution in [3.8, 4) is 0 Å². The largest absolute Gasteiger partial charge is 0.461 e. The predicted molar refractivity (Wildman–Crippen MR) is 89.8 cm³/mol. The number of ether oxygens (including phenoxy) is 1. The monoisotopic (exact) mass is 311 g/mol. The summed E-state index contributed by atoms with van der Waals surface area (Å²) >= 11 is 0. The Kier molecular flexibility index (Phi) is 6.36. The second kappa shape index (κ2) is 8.73. The quantitative estimate of drug-likeness (QED) is 0.364. The normalized spacial score (nSPS) is 11.5. The van der Waals surface area contributed by atoms with Crippen LogP contribution in [-0.2, 0) is 9.53 Å². The number of oxime groups is 1. The van der Waals surface area contributed by atoms with Crippen LogP contribution in [-0.4, -0.2) is 23.5 Å². The van der Waals surface area contributed by atoms with Gasteiger partial charge in [-0.1, -0.05) is 65.8 Å². The van der Waals surface area contributed by atoms with Gasteiger partial charge in [-0.05, 0) is 24.5 Å². The molecule has 0 aliphatic rings. The van der Waals surface area contributed by atoms with Crippen LogP contribution in [0.3, 0.4) is 0 Å². The molecule has 0 heterocycles. The highest BCUT2D eigenvalue weighted by molar-refractivity contribution is 6.36. The van der Waals surface area contributed by atoms with Gasteiger partial charge in [0.2, 0.25) is 0 Å². The van der Waals surface area contributed by atoms with E-state index in [0.29, 0.717) is 12.8 Å². The summed E-state index contributed by atoms with van der Waals surface area (Å²) < 4.78 is 4.91. The number of carbonyl (C=O) groups is 1. The number of carbonyl (C=O) groups excluding carboxylic acids is 1. The maximum atomic E-state index is 11.7. The van der Waals surface area contributed by atoms with Gasteiger partial charge in [-0.3, -0.25) is 0 Å². The molecule has 4 nitrogen and oxygen atoms in total. The molecule has 0 radical (unpaired) electrons. The number of esters is 1. The SMILES string of the molecule is CCOC(=O)/C(CCC(c1ccccc1)c1ccccc1)=N\O. The van der Waals surface area contributed by atoms with Crippen molar-refractivity contribution in [2.75, 3.05) is 6.61 Å². The Labute approximate surface area is 136 Å². The second-order valence-corrected chi connectivity index (χ2v) is 5.18. The van der Waals surface area contributed by atoms with Gasteiger partial charge in [-0.15, -0.1) is 0 Å². The fraction of sp³-hybridized carbons (Fsp3) is 0.263. The van der Waals surface area contributed by atoms with Crippen molar-refractivity contribution in [3.05, 3.63) is 71.8 Å². The van der Waals surface area contributed by atoms with E-state index >= 15 is 0 Å². The van der Waals surface area contributed by atoms with E-state index in [0.717, 1.165) is 0 Å². The van der Waals surface area contributed by atoms with Crippen LogP contribution in [0, 0.1) is 0 Å². The Balaban J connectivity index is 2.18. The average molecular weight is 311 g/mol. The molecule has 2 aromatic rings. The van der Waals surface area contributed by atoms with E-state index in [2.05, 4.69) is 29.4 Å². The minimum Gasteiger partial charge on any atom is -0.461 e. The zero-order chi connectivity index (χ0) is 16.5. The van der Waals surface area contributed by atoms with E-state index in [1.165, 1.54) is 11.1 Å². The lowest BCUT2D eigenvalue weighted by Gasteiger charge is -2.18. The summed E-state index contributed by atoms with van der Waals surface area (Å²) in [5.74, 6) is -0.432. The molecule has 0 amide bonds. The van der Waals surface area contributed by atoms with Gasteiger partial charge in [-0.25, -0.2) is 4.79 Å². The number of benzene rings is 2. The van der Waals surface area contributed by atoms with Gasteiger partial charge in [0.15, 0.2) is 5.71 Å². The Morgan fingerprint density at radius 2 is 1.57 bits per heavy atom. The van der Waals surface area contributed by atoms with Crippen molar-refractivity contribution in [2.45, 2.75) is 25.7 Å². The van der Waals surface area contributed by atoms with E-state index in [9.17, 15) is 4.79 Å². The fourth-order valence-corrected chi connectivity index (χ4v) is 2.58. The highest BCUT2D eigenvalue weighted by Crippen LogP contribution is 2.29. The second-order valence-electron chi connectivity index (χ2n) is 5.18. The first-order valence-electron chi connectivity index (χ1n) is 7.74. The van der Waals surface area contributed by atoms with Gasteiger partial charge in [0, 0.05) is 12.3 Å². The third-order valence-electron chi connectivity index (χ3n) is 3.71. The van der Waals surface area contributed by atoms with E-state index in [4.69, 9.17) is 9.94 Å². The van der Waals surface area contributed by atoms with Gasteiger partial charge in [0.25, 0.3) is 0 Å². The topological polar surface area (TPSA) is 58.9 Å². The van der Waals surface area contributed by atoms with Gasteiger partial charge in [-0.2, -0.15) is 0 Å². The standard InChI is InChI=1S/C19H21NO3/c1-2-23-19(21)18(20-22)14-13-17(15-9-5-3-6-10-15)16-11-7-4-8-12-16/h3-12,17,22H,2,13-14H2,1H3/b20-18-. The predicted octanol–water partition coefficient (Wildman–Crippen LogP) is 3.99. The van der Waals surface area contributed by atoms with Crippen LogP contribution in [0.25, 0.3) is 0 Å². The zero-order valence-electron chi connectivity index (χ0n) is 13.2.